The monoisotopic (exact) mass is 318 g/mol. The molecule has 1 aromatic rings. The molecule has 1 aliphatic carbocycles. The predicted molar refractivity (Wildman–Crippen MR) is 91.0 cm³/mol. The van der Waals surface area contributed by atoms with Crippen LogP contribution in [0, 0.1) is 5.92 Å². The summed E-state index contributed by atoms with van der Waals surface area (Å²) in [4.78, 5) is 12.1. The topological polar surface area (TPSA) is 59.6 Å². The molecule has 5 heteroatoms. The number of rotatable bonds is 6. The van der Waals surface area contributed by atoms with E-state index in [2.05, 4.69) is 22.8 Å². The Morgan fingerprint density at radius 2 is 2.13 bits per heavy atom. The first-order valence-corrected chi connectivity index (χ1v) is 8.05. The lowest BCUT2D eigenvalue weighted by Crippen LogP contribution is -2.39. The van der Waals surface area contributed by atoms with Crippen LogP contribution >= 0.6 is 0 Å². The quantitative estimate of drug-likeness (QED) is 0.790. The average molecular weight is 318 g/mol. The van der Waals surface area contributed by atoms with E-state index in [0.29, 0.717) is 12.5 Å². The molecule has 1 aromatic carbocycles. The summed E-state index contributed by atoms with van der Waals surface area (Å²) in [5, 5.41) is 5.92. The molecular weight excluding hydrogens is 292 g/mol. The SMILES string of the molecule is COc1ccc(OC)c(C(C)NC(=O)NCC2CC=CCC2)c1. The minimum Gasteiger partial charge on any atom is -0.497 e. The summed E-state index contributed by atoms with van der Waals surface area (Å²) < 4.78 is 10.6. The van der Waals surface area contributed by atoms with Gasteiger partial charge in [0.15, 0.2) is 0 Å². The fraction of sp³-hybridized carbons (Fsp3) is 0.500. The highest BCUT2D eigenvalue weighted by atomic mass is 16.5. The maximum absolute atomic E-state index is 12.1. The van der Waals surface area contributed by atoms with Crippen LogP contribution in [0.15, 0.2) is 30.4 Å². The summed E-state index contributed by atoms with van der Waals surface area (Å²) in [6, 6.07) is 5.24. The van der Waals surface area contributed by atoms with Crippen molar-refractivity contribution in [2.45, 2.75) is 32.2 Å². The Kier molecular flexibility index (Phi) is 6.32. The lowest BCUT2D eigenvalue weighted by Gasteiger charge is -2.21. The Hall–Kier alpha value is -2.17. The molecule has 0 fully saturated rings. The van der Waals surface area contributed by atoms with Crippen molar-refractivity contribution < 1.29 is 14.3 Å². The second-order valence-electron chi connectivity index (χ2n) is 5.83. The molecule has 2 N–H and O–H groups in total. The normalized spacial score (nSPS) is 18.1. The summed E-state index contributed by atoms with van der Waals surface area (Å²) >= 11 is 0. The molecule has 23 heavy (non-hydrogen) atoms. The second kappa shape index (κ2) is 8.46. The summed E-state index contributed by atoms with van der Waals surface area (Å²) in [6.07, 6.45) is 7.67. The van der Waals surface area contributed by atoms with E-state index < -0.39 is 0 Å². The molecule has 0 aromatic heterocycles. The Bertz CT molecular complexity index is 557. The third-order valence-corrected chi connectivity index (χ3v) is 4.18. The molecule has 0 radical (unpaired) electrons. The van der Waals surface area contributed by atoms with E-state index in [1.807, 2.05) is 25.1 Å². The second-order valence-corrected chi connectivity index (χ2v) is 5.83. The first-order chi connectivity index (χ1) is 11.1. The fourth-order valence-electron chi connectivity index (χ4n) is 2.78. The van der Waals surface area contributed by atoms with Gasteiger partial charge in [0.1, 0.15) is 11.5 Å². The van der Waals surface area contributed by atoms with E-state index in [9.17, 15) is 4.79 Å². The van der Waals surface area contributed by atoms with Gasteiger partial charge in [-0.15, -0.1) is 0 Å². The molecule has 2 amide bonds. The van der Waals surface area contributed by atoms with Crippen LogP contribution in [0.4, 0.5) is 4.79 Å². The van der Waals surface area contributed by atoms with E-state index in [0.717, 1.165) is 36.3 Å². The largest absolute Gasteiger partial charge is 0.497 e. The molecule has 0 heterocycles. The Morgan fingerprint density at radius 3 is 2.78 bits per heavy atom. The van der Waals surface area contributed by atoms with Gasteiger partial charge in [-0.3, -0.25) is 0 Å². The number of urea groups is 1. The molecule has 0 saturated heterocycles. The zero-order valence-corrected chi connectivity index (χ0v) is 14.1. The van der Waals surface area contributed by atoms with Gasteiger partial charge in [0, 0.05) is 12.1 Å². The molecule has 126 valence electrons. The number of amides is 2. The minimum atomic E-state index is -0.175. The van der Waals surface area contributed by atoms with Gasteiger partial charge in [-0.1, -0.05) is 12.2 Å². The number of benzene rings is 1. The third-order valence-electron chi connectivity index (χ3n) is 4.18. The average Bonchev–Trinajstić information content (AvgIpc) is 2.60. The Balaban J connectivity index is 1.91. The smallest absolute Gasteiger partial charge is 0.315 e. The standard InChI is InChI=1S/C18H26N2O3/c1-13(16-11-15(22-2)9-10-17(16)23-3)20-18(21)19-12-14-7-5-4-6-8-14/h4-5,9-11,13-14H,6-8,12H2,1-3H3,(H2,19,20,21). The molecular formula is C18H26N2O3. The number of nitrogens with one attached hydrogen (secondary N) is 2. The van der Waals surface area contributed by atoms with Gasteiger partial charge >= 0.3 is 6.03 Å². The van der Waals surface area contributed by atoms with Crippen molar-refractivity contribution in [1.82, 2.24) is 10.6 Å². The van der Waals surface area contributed by atoms with Crippen LogP contribution in [0.5, 0.6) is 11.5 Å². The highest BCUT2D eigenvalue weighted by Gasteiger charge is 2.16. The van der Waals surface area contributed by atoms with Crippen molar-refractivity contribution >= 4 is 6.03 Å². The molecule has 0 bridgehead atoms. The number of carbonyl (C=O) groups is 1. The molecule has 0 spiro atoms. The first-order valence-electron chi connectivity index (χ1n) is 8.05. The third kappa shape index (κ3) is 4.91. The van der Waals surface area contributed by atoms with Crippen LogP contribution in [-0.2, 0) is 0 Å². The fourth-order valence-corrected chi connectivity index (χ4v) is 2.78. The predicted octanol–water partition coefficient (Wildman–Crippen LogP) is 3.42. The molecule has 5 nitrogen and oxygen atoms in total. The van der Waals surface area contributed by atoms with Gasteiger partial charge < -0.3 is 20.1 Å². The summed E-state index contributed by atoms with van der Waals surface area (Å²) in [5.41, 5.74) is 0.891. The lowest BCUT2D eigenvalue weighted by molar-refractivity contribution is 0.235. The Labute approximate surface area is 138 Å². The Morgan fingerprint density at radius 1 is 1.30 bits per heavy atom. The number of methoxy groups -OCH3 is 2. The van der Waals surface area contributed by atoms with Crippen molar-refractivity contribution in [3.63, 3.8) is 0 Å². The molecule has 2 rings (SSSR count). The van der Waals surface area contributed by atoms with Crippen LogP contribution in [-0.4, -0.2) is 26.8 Å². The van der Waals surface area contributed by atoms with E-state index in [-0.39, 0.29) is 12.1 Å². The van der Waals surface area contributed by atoms with Gasteiger partial charge in [0.05, 0.1) is 20.3 Å². The summed E-state index contributed by atoms with van der Waals surface area (Å²) in [7, 11) is 3.24. The molecule has 2 atom stereocenters. The first kappa shape index (κ1) is 17.2. The number of allylic oxidation sites excluding steroid dienone is 2. The number of carbonyl (C=O) groups excluding carboxylic acids is 1. The molecule has 1 aliphatic rings. The molecule has 0 saturated carbocycles. The number of hydrogen-bond acceptors (Lipinski definition) is 3. The minimum absolute atomic E-state index is 0.156. The van der Waals surface area contributed by atoms with Crippen molar-refractivity contribution in [2.24, 2.45) is 5.92 Å². The van der Waals surface area contributed by atoms with Crippen molar-refractivity contribution in [2.75, 3.05) is 20.8 Å². The van der Waals surface area contributed by atoms with Gasteiger partial charge in [0.25, 0.3) is 0 Å². The van der Waals surface area contributed by atoms with Crippen LogP contribution in [0.1, 0.15) is 37.8 Å². The van der Waals surface area contributed by atoms with Crippen LogP contribution in [0.2, 0.25) is 0 Å². The van der Waals surface area contributed by atoms with Gasteiger partial charge in [-0.05, 0) is 50.3 Å². The van der Waals surface area contributed by atoms with E-state index in [1.54, 1.807) is 14.2 Å². The molecule has 0 aliphatic heterocycles. The van der Waals surface area contributed by atoms with E-state index in [4.69, 9.17) is 9.47 Å². The van der Waals surface area contributed by atoms with Gasteiger partial charge in [-0.25, -0.2) is 4.79 Å². The highest BCUT2D eigenvalue weighted by molar-refractivity contribution is 5.74. The van der Waals surface area contributed by atoms with Crippen LogP contribution in [0.25, 0.3) is 0 Å². The van der Waals surface area contributed by atoms with Gasteiger partial charge in [0.2, 0.25) is 0 Å². The van der Waals surface area contributed by atoms with Crippen LogP contribution < -0.4 is 20.1 Å². The van der Waals surface area contributed by atoms with E-state index in [1.165, 1.54) is 0 Å². The van der Waals surface area contributed by atoms with Crippen LogP contribution in [0.3, 0.4) is 0 Å². The van der Waals surface area contributed by atoms with Crippen molar-refractivity contribution in [1.29, 1.82) is 0 Å². The maximum atomic E-state index is 12.1. The van der Waals surface area contributed by atoms with Gasteiger partial charge in [-0.2, -0.15) is 0 Å². The zero-order chi connectivity index (χ0) is 16.7. The highest BCUT2D eigenvalue weighted by Crippen LogP contribution is 2.29. The summed E-state index contributed by atoms with van der Waals surface area (Å²) in [5.74, 6) is 2.01. The maximum Gasteiger partial charge on any atom is 0.315 e. The number of hydrogen-bond donors (Lipinski definition) is 2. The number of ether oxygens (including phenoxy) is 2. The lowest BCUT2D eigenvalue weighted by atomic mass is 9.94. The molecule has 2 unspecified atom stereocenters. The van der Waals surface area contributed by atoms with Crippen molar-refractivity contribution in [3.8, 4) is 11.5 Å². The zero-order valence-electron chi connectivity index (χ0n) is 14.1. The van der Waals surface area contributed by atoms with E-state index >= 15 is 0 Å². The van der Waals surface area contributed by atoms with Crippen molar-refractivity contribution in [3.05, 3.63) is 35.9 Å². The summed E-state index contributed by atoms with van der Waals surface area (Å²) in [6.45, 7) is 2.64.